The smallest absolute Gasteiger partial charge is 0.494 e. The van der Waals surface area contributed by atoms with Gasteiger partial charge in [0.1, 0.15) is 16.4 Å². The second-order valence-corrected chi connectivity index (χ2v) is 10.3. The van der Waals surface area contributed by atoms with Crippen molar-refractivity contribution in [3.63, 3.8) is 0 Å². The Morgan fingerprint density at radius 1 is 0.972 bits per heavy atom. The van der Waals surface area contributed by atoms with Gasteiger partial charge >= 0.3 is 12.8 Å². The molecule has 36 heavy (non-hydrogen) atoms. The monoisotopic (exact) mass is 507 g/mol. The van der Waals surface area contributed by atoms with Crippen molar-refractivity contribution in [2.45, 2.75) is 45.8 Å². The Morgan fingerprint density at radius 2 is 1.61 bits per heavy atom. The van der Waals surface area contributed by atoms with Crippen LogP contribution >= 0.6 is 11.6 Å². The molecule has 0 radical (unpaired) electrons. The number of methoxy groups -OCH3 is 1. The minimum atomic E-state index is -0.561. The van der Waals surface area contributed by atoms with E-state index in [1.54, 1.807) is 42.9 Å². The number of rotatable bonds is 4. The summed E-state index contributed by atoms with van der Waals surface area (Å²) in [5.74, 6) is 0.575. The van der Waals surface area contributed by atoms with E-state index in [1.165, 1.54) is 0 Å². The number of aromatic amines is 1. The first-order chi connectivity index (χ1) is 16.9. The van der Waals surface area contributed by atoms with Crippen molar-refractivity contribution in [2.24, 2.45) is 0 Å². The van der Waals surface area contributed by atoms with Crippen molar-refractivity contribution < 1.29 is 14.0 Å². The number of H-pyrrole nitrogens is 1. The highest BCUT2D eigenvalue weighted by Crippen LogP contribution is 2.36. The SMILES string of the molecule is COc1cccc(-n2c(=O)[nH]c3cc(Cl)n(-c4ccc(B5OC(C)(C)C(C)(C)O5)cc4)c3c2=O)c1C. The van der Waals surface area contributed by atoms with E-state index in [0.717, 1.165) is 10.0 Å². The average molecular weight is 508 g/mol. The molecule has 0 atom stereocenters. The van der Waals surface area contributed by atoms with Gasteiger partial charge in [-0.25, -0.2) is 9.36 Å². The predicted molar refractivity (Wildman–Crippen MR) is 142 cm³/mol. The Bertz CT molecular complexity index is 1590. The highest BCUT2D eigenvalue weighted by molar-refractivity contribution is 6.62. The molecule has 5 rings (SSSR count). The fourth-order valence-corrected chi connectivity index (χ4v) is 4.74. The maximum absolute atomic E-state index is 13.7. The van der Waals surface area contributed by atoms with Gasteiger partial charge in [-0.3, -0.25) is 9.36 Å². The third-order valence-electron chi connectivity index (χ3n) is 7.20. The second kappa shape index (κ2) is 8.40. The first kappa shape index (κ1) is 24.4. The molecule has 0 bridgehead atoms. The van der Waals surface area contributed by atoms with Crippen LogP contribution in [0.2, 0.25) is 5.15 Å². The lowest BCUT2D eigenvalue weighted by Crippen LogP contribution is -2.41. The van der Waals surface area contributed by atoms with Crippen molar-refractivity contribution >= 4 is 35.2 Å². The fourth-order valence-electron chi connectivity index (χ4n) is 4.45. The molecule has 3 heterocycles. The van der Waals surface area contributed by atoms with E-state index in [-0.39, 0.29) is 5.52 Å². The van der Waals surface area contributed by atoms with Crippen LogP contribution in [0.5, 0.6) is 5.75 Å². The van der Waals surface area contributed by atoms with Crippen molar-refractivity contribution in [1.82, 2.24) is 14.1 Å². The maximum Gasteiger partial charge on any atom is 0.494 e. The van der Waals surface area contributed by atoms with E-state index >= 15 is 0 Å². The van der Waals surface area contributed by atoms with Gasteiger partial charge in [0.15, 0.2) is 0 Å². The van der Waals surface area contributed by atoms with Gasteiger partial charge in [-0.2, -0.15) is 0 Å². The average Bonchev–Trinajstić information content (AvgIpc) is 3.26. The van der Waals surface area contributed by atoms with Gasteiger partial charge in [-0.15, -0.1) is 0 Å². The standard InChI is InChI=1S/C26H27BClN3O5/c1-15-19(8-7-9-20(15)34-6)31-23(32)22-18(29-24(31)33)14-21(28)30(22)17-12-10-16(11-13-17)27-35-25(2,3)26(4,5)36-27/h7-14H,1-6H3,(H,29,33). The summed E-state index contributed by atoms with van der Waals surface area (Å²) in [6, 6.07) is 14.2. The third-order valence-corrected chi connectivity index (χ3v) is 7.48. The molecule has 0 amide bonds. The van der Waals surface area contributed by atoms with Gasteiger partial charge in [-0.05, 0) is 70.4 Å². The molecular formula is C26H27BClN3O5. The normalized spacial score (nSPS) is 16.6. The van der Waals surface area contributed by atoms with E-state index in [2.05, 4.69) is 4.98 Å². The summed E-state index contributed by atoms with van der Waals surface area (Å²) in [5, 5.41) is 0.293. The number of fused-ring (bicyclic) bond motifs is 1. The minimum Gasteiger partial charge on any atom is -0.496 e. The first-order valence-electron chi connectivity index (χ1n) is 11.6. The van der Waals surface area contributed by atoms with Crippen molar-refractivity contribution in [2.75, 3.05) is 7.11 Å². The number of halogens is 1. The highest BCUT2D eigenvalue weighted by Gasteiger charge is 2.51. The first-order valence-corrected chi connectivity index (χ1v) is 12.0. The Balaban J connectivity index is 1.63. The Kier molecular flexibility index (Phi) is 5.70. The number of nitrogens with zero attached hydrogens (tertiary/aromatic N) is 2. The summed E-state index contributed by atoms with van der Waals surface area (Å²) >= 11 is 6.57. The predicted octanol–water partition coefficient (Wildman–Crippen LogP) is 3.74. The van der Waals surface area contributed by atoms with Crippen molar-refractivity contribution in [1.29, 1.82) is 0 Å². The Morgan fingerprint density at radius 3 is 2.22 bits per heavy atom. The lowest BCUT2D eigenvalue weighted by molar-refractivity contribution is 0.00578. The van der Waals surface area contributed by atoms with Gasteiger partial charge in [0.25, 0.3) is 5.56 Å². The molecule has 0 unspecified atom stereocenters. The Hall–Kier alpha value is -3.27. The van der Waals surface area contributed by atoms with Crippen LogP contribution in [0.4, 0.5) is 0 Å². The molecule has 2 aromatic carbocycles. The quantitative estimate of drug-likeness (QED) is 0.425. The summed E-state index contributed by atoms with van der Waals surface area (Å²) in [4.78, 5) is 29.4. The molecule has 10 heteroatoms. The van der Waals surface area contributed by atoms with Gasteiger partial charge < -0.3 is 19.0 Å². The third kappa shape index (κ3) is 3.70. The zero-order chi connectivity index (χ0) is 26.0. The van der Waals surface area contributed by atoms with Crippen LogP contribution in [0.1, 0.15) is 33.3 Å². The van der Waals surface area contributed by atoms with Crippen LogP contribution < -0.4 is 21.4 Å². The van der Waals surface area contributed by atoms with Gasteiger partial charge in [0.2, 0.25) is 0 Å². The molecule has 1 N–H and O–H groups in total. The fraction of sp³-hybridized carbons (Fsp3) is 0.308. The molecule has 1 aliphatic heterocycles. The highest BCUT2D eigenvalue weighted by atomic mass is 35.5. The summed E-state index contributed by atoms with van der Waals surface area (Å²) in [6.45, 7) is 9.81. The zero-order valence-electron chi connectivity index (χ0n) is 21.0. The number of nitrogens with one attached hydrogen (secondary N) is 1. The van der Waals surface area contributed by atoms with Crippen molar-refractivity contribution in [3.8, 4) is 17.1 Å². The van der Waals surface area contributed by atoms with Crippen LogP contribution in [0.3, 0.4) is 0 Å². The van der Waals surface area contributed by atoms with Crippen LogP contribution in [0.15, 0.2) is 58.1 Å². The summed E-state index contributed by atoms with van der Waals surface area (Å²) < 4.78 is 20.4. The number of benzene rings is 2. The molecule has 1 aliphatic rings. The molecule has 0 spiro atoms. The molecule has 1 saturated heterocycles. The molecule has 186 valence electrons. The molecule has 0 aliphatic carbocycles. The summed E-state index contributed by atoms with van der Waals surface area (Å²) in [5.41, 5.74) is 1.26. The van der Waals surface area contributed by atoms with Gasteiger partial charge in [-0.1, -0.05) is 29.8 Å². The number of aromatic nitrogens is 3. The second-order valence-electron chi connectivity index (χ2n) is 9.92. The molecule has 2 aromatic heterocycles. The van der Waals surface area contributed by atoms with Gasteiger partial charge in [0.05, 0.1) is 29.5 Å². The maximum atomic E-state index is 13.7. The van der Waals surface area contributed by atoms with Crippen LogP contribution in [0, 0.1) is 6.92 Å². The number of ether oxygens (including phenoxy) is 1. The number of hydrogen-bond donors (Lipinski definition) is 1. The van der Waals surface area contributed by atoms with Crippen LogP contribution in [-0.2, 0) is 9.31 Å². The lowest BCUT2D eigenvalue weighted by atomic mass is 9.79. The topological polar surface area (TPSA) is 87.5 Å². The van der Waals surface area contributed by atoms with Crippen LogP contribution in [0.25, 0.3) is 22.4 Å². The molecule has 1 fully saturated rings. The Labute approximate surface area is 213 Å². The zero-order valence-corrected chi connectivity index (χ0v) is 21.8. The van der Waals surface area contributed by atoms with E-state index in [1.807, 2.05) is 52.0 Å². The largest absolute Gasteiger partial charge is 0.496 e. The van der Waals surface area contributed by atoms with Crippen molar-refractivity contribution in [3.05, 3.63) is 80.1 Å². The van der Waals surface area contributed by atoms with Crippen LogP contribution in [-0.4, -0.2) is 39.5 Å². The molecule has 4 aromatic rings. The molecular weight excluding hydrogens is 481 g/mol. The summed E-state index contributed by atoms with van der Waals surface area (Å²) in [7, 11) is 1.03. The van der Waals surface area contributed by atoms with Gasteiger partial charge in [0, 0.05) is 11.3 Å². The van der Waals surface area contributed by atoms with E-state index in [0.29, 0.717) is 33.4 Å². The summed E-state index contributed by atoms with van der Waals surface area (Å²) in [6.07, 6.45) is 0. The molecule has 8 nitrogen and oxygen atoms in total. The lowest BCUT2D eigenvalue weighted by Gasteiger charge is -2.32. The van der Waals surface area contributed by atoms with E-state index in [9.17, 15) is 9.59 Å². The van der Waals surface area contributed by atoms with E-state index in [4.69, 9.17) is 25.6 Å². The number of hydrogen-bond acceptors (Lipinski definition) is 5. The molecule has 0 saturated carbocycles. The van der Waals surface area contributed by atoms with E-state index < -0.39 is 29.6 Å². The minimum absolute atomic E-state index is 0.255.